The van der Waals surface area contributed by atoms with E-state index in [0.717, 1.165) is 5.56 Å². The Morgan fingerprint density at radius 2 is 1.69 bits per heavy atom. The molecular formula is C19H29N3O3S. The van der Waals surface area contributed by atoms with Crippen molar-refractivity contribution in [2.24, 2.45) is 0 Å². The second-order valence-electron chi connectivity index (χ2n) is 7.61. The Morgan fingerprint density at radius 3 is 2.23 bits per heavy atom. The van der Waals surface area contributed by atoms with Crippen molar-refractivity contribution in [1.29, 1.82) is 0 Å². The van der Waals surface area contributed by atoms with Crippen LogP contribution in [0.4, 0.5) is 0 Å². The zero-order chi connectivity index (χ0) is 19.4. The van der Waals surface area contributed by atoms with Crippen molar-refractivity contribution in [3.8, 4) is 0 Å². The van der Waals surface area contributed by atoms with Gasteiger partial charge in [-0.15, -0.1) is 0 Å². The third kappa shape index (κ3) is 5.93. The Kier molecular flexibility index (Phi) is 6.60. The number of nitrogens with one attached hydrogen (secondary N) is 1. The lowest BCUT2D eigenvalue weighted by molar-refractivity contribution is -0.127. The maximum Gasteiger partial charge on any atom is 0.237 e. The molecule has 7 heteroatoms. The highest BCUT2D eigenvalue weighted by Crippen LogP contribution is 2.14. The van der Waals surface area contributed by atoms with Gasteiger partial charge >= 0.3 is 0 Å². The summed E-state index contributed by atoms with van der Waals surface area (Å²) in [4.78, 5) is 14.3. The predicted octanol–water partition coefficient (Wildman–Crippen LogP) is 1.91. The summed E-state index contributed by atoms with van der Waals surface area (Å²) in [6.45, 7) is 9.54. The van der Waals surface area contributed by atoms with Gasteiger partial charge in [0.15, 0.2) is 0 Å². The lowest BCUT2D eigenvalue weighted by Crippen LogP contribution is -2.56. The molecule has 1 amide bonds. The number of sulfonamides is 1. The van der Waals surface area contributed by atoms with Gasteiger partial charge in [0, 0.05) is 37.1 Å². The molecule has 1 aromatic rings. The van der Waals surface area contributed by atoms with Crippen molar-refractivity contribution in [3.63, 3.8) is 0 Å². The first kappa shape index (κ1) is 20.6. The zero-order valence-corrected chi connectivity index (χ0v) is 16.8. The highest BCUT2D eigenvalue weighted by molar-refractivity contribution is 7.92. The Bertz CT molecular complexity index is 731. The number of amides is 1. The van der Waals surface area contributed by atoms with Crippen molar-refractivity contribution in [1.82, 2.24) is 14.5 Å². The minimum atomic E-state index is -3.45. The monoisotopic (exact) mass is 379 g/mol. The maximum absolute atomic E-state index is 12.5. The van der Waals surface area contributed by atoms with Crippen LogP contribution in [0.25, 0.3) is 6.08 Å². The number of benzene rings is 1. The fraction of sp³-hybridized carbons (Fsp3) is 0.526. The van der Waals surface area contributed by atoms with Crippen LogP contribution in [0, 0.1) is 0 Å². The minimum Gasteiger partial charge on any atom is -0.350 e. The fourth-order valence-electron chi connectivity index (χ4n) is 2.80. The van der Waals surface area contributed by atoms with E-state index in [4.69, 9.17) is 0 Å². The summed E-state index contributed by atoms with van der Waals surface area (Å²) in [5.74, 6) is -0.0298. The Balaban J connectivity index is 1.93. The zero-order valence-electron chi connectivity index (χ0n) is 16.0. The number of piperazine rings is 1. The number of hydrogen-bond donors (Lipinski definition) is 1. The predicted molar refractivity (Wildman–Crippen MR) is 105 cm³/mol. The third-order valence-corrected chi connectivity index (χ3v) is 5.86. The van der Waals surface area contributed by atoms with Crippen molar-refractivity contribution in [2.45, 2.75) is 39.3 Å². The second kappa shape index (κ2) is 8.33. The van der Waals surface area contributed by atoms with Crippen molar-refractivity contribution in [2.75, 3.05) is 26.2 Å². The molecule has 0 radical (unpaired) electrons. The topological polar surface area (TPSA) is 69.7 Å². The SMILES string of the molecule is C[C@H](C(=O)NC(C)(C)C)N1CCN(S(=O)(=O)/C=C/c2ccccc2)CC1. The molecular weight excluding hydrogens is 350 g/mol. The number of nitrogens with zero attached hydrogens (tertiary/aromatic N) is 2. The lowest BCUT2D eigenvalue weighted by Gasteiger charge is -2.37. The first-order chi connectivity index (χ1) is 12.1. The molecule has 1 atom stereocenters. The van der Waals surface area contributed by atoms with E-state index < -0.39 is 10.0 Å². The molecule has 0 saturated carbocycles. The molecule has 6 nitrogen and oxygen atoms in total. The van der Waals surface area contributed by atoms with Gasteiger partial charge in [-0.3, -0.25) is 9.69 Å². The third-order valence-electron chi connectivity index (χ3n) is 4.29. The minimum absolute atomic E-state index is 0.0298. The second-order valence-corrected chi connectivity index (χ2v) is 9.43. The van der Waals surface area contributed by atoms with Crippen LogP contribution in [0.15, 0.2) is 35.7 Å². The molecule has 2 rings (SSSR count). The standard InChI is InChI=1S/C19H29N3O3S/c1-16(18(23)20-19(2,3)4)21-11-13-22(14-12-21)26(24,25)15-10-17-8-6-5-7-9-17/h5-10,15-16H,11-14H2,1-4H3,(H,20,23)/b15-10+/t16-/m1/s1. The fourth-order valence-corrected chi connectivity index (χ4v) is 3.97. The van der Waals surface area contributed by atoms with Crippen molar-refractivity contribution in [3.05, 3.63) is 41.3 Å². The molecule has 26 heavy (non-hydrogen) atoms. The average Bonchev–Trinajstić information content (AvgIpc) is 2.59. The molecule has 0 bridgehead atoms. The van der Waals surface area contributed by atoms with Gasteiger partial charge in [0.25, 0.3) is 0 Å². The average molecular weight is 380 g/mol. The molecule has 1 fully saturated rings. The first-order valence-corrected chi connectivity index (χ1v) is 10.4. The summed E-state index contributed by atoms with van der Waals surface area (Å²) >= 11 is 0. The molecule has 0 spiro atoms. The highest BCUT2D eigenvalue weighted by Gasteiger charge is 2.30. The number of hydrogen-bond acceptors (Lipinski definition) is 4. The Hall–Kier alpha value is -1.70. The van der Waals surface area contributed by atoms with Gasteiger partial charge in [-0.25, -0.2) is 8.42 Å². The van der Waals surface area contributed by atoms with Crippen LogP contribution in [0.5, 0.6) is 0 Å². The maximum atomic E-state index is 12.5. The van der Waals surface area contributed by atoms with E-state index >= 15 is 0 Å². The van der Waals surface area contributed by atoms with Gasteiger partial charge in [0.1, 0.15) is 0 Å². The van der Waals surface area contributed by atoms with Crippen LogP contribution in [-0.2, 0) is 14.8 Å². The van der Waals surface area contributed by atoms with E-state index in [2.05, 4.69) is 5.32 Å². The van der Waals surface area contributed by atoms with Gasteiger partial charge in [-0.05, 0) is 39.3 Å². The molecule has 0 aliphatic carbocycles. The van der Waals surface area contributed by atoms with Gasteiger partial charge in [0.2, 0.25) is 15.9 Å². The summed E-state index contributed by atoms with van der Waals surface area (Å²) in [6.07, 6.45) is 1.61. The Labute approximate surface area is 156 Å². The summed E-state index contributed by atoms with van der Waals surface area (Å²) in [7, 11) is -3.45. The van der Waals surface area contributed by atoms with E-state index in [-0.39, 0.29) is 17.5 Å². The molecule has 0 aromatic heterocycles. The largest absolute Gasteiger partial charge is 0.350 e. The molecule has 1 aliphatic heterocycles. The number of carbonyl (C=O) groups excluding carboxylic acids is 1. The van der Waals surface area contributed by atoms with Crippen LogP contribution >= 0.6 is 0 Å². The summed E-state index contributed by atoms with van der Waals surface area (Å²) in [6, 6.07) is 9.07. The summed E-state index contributed by atoms with van der Waals surface area (Å²) < 4.78 is 26.5. The number of rotatable bonds is 5. The van der Waals surface area contributed by atoms with Crippen LogP contribution in [0.3, 0.4) is 0 Å². The molecule has 1 heterocycles. The van der Waals surface area contributed by atoms with E-state index in [1.54, 1.807) is 6.08 Å². The molecule has 0 unspecified atom stereocenters. The number of carbonyl (C=O) groups is 1. The van der Waals surface area contributed by atoms with Crippen molar-refractivity contribution < 1.29 is 13.2 Å². The molecule has 1 N–H and O–H groups in total. The molecule has 1 saturated heterocycles. The van der Waals surface area contributed by atoms with Crippen LogP contribution < -0.4 is 5.32 Å². The van der Waals surface area contributed by atoms with Crippen LogP contribution in [0.2, 0.25) is 0 Å². The normalized spacial score (nSPS) is 18.8. The highest BCUT2D eigenvalue weighted by atomic mass is 32.2. The summed E-state index contributed by atoms with van der Waals surface area (Å²) in [5, 5.41) is 4.23. The van der Waals surface area contributed by atoms with E-state index in [1.165, 1.54) is 9.71 Å². The summed E-state index contributed by atoms with van der Waals surface area (Å²) in [5.41, 5.74) is 0.570. The quantitative estimate of drug-likeness (QED) is 0.848. The smallest absolute Gasteiger partial charge is 0.237 e. The van der Waals surface area contributed by atoms with Gasteiger partial charge in [-0.2, -0.15) is 4.31 Å². The lowest BCUT2D eigenvalue weighted by atomic mass is 10.1. The van der Waals surface area contributed by atoms with Gasteiger partial charge < -0.3 is 5.32 Å². The van der Waals surface area contributed by atoms with E-state index in [9.17, 15) is 13.2 Å². The van der Waals surface area contributed by atoms with Crippen molar-refractivity contribution >= 4 is 22.0 Å². The Morgan fingerprint density at radius 1 is 1.12 bits per heavy atom. The van der Waals surface area contributed by atoms with Gasteiger partial charge in [0.05, 0.1) is 6.04 Å². The first-order valence-electron chi connectivity index (χ1n) is 8.88. The van der Waals surface area contributed by atoms with E-state index in [1.807, 2.05) is 62.9 Å². The molecule has 1 aliphatic rings. The van der Waals surface area contributed by atoms with Gasteiger partial charge in [-0.1, -0.05) is 30.3 Å². The van der Waals surface area contributed by atoms with E-state index in [0.29, 0.717) is 26.2 Å². The molecule has 1 aromatic carbocycles. The van der Waals surface area contributed by atoms with Crippen LogP contribution in [-0.4, -0.2) is 61.3 Å². The van der Waals surface area contributed by atoms with Crippen LogP contribution in [0.1, 0.15) is 33.3 Å². The molecule has 144 valence electrons.